The molecule has 0 saturated heterocycles. The van der Waals surface area contributed by atoms with Crippen LogP contribution >= 0.6 is 0 Å². The molecule has 0 aliphatic rings. The summed E-state index contributed by atoms with van der Waals surface area (Å²) in [5.41, 5.74) is 1.44. The first-order valence-electron chi connectivity index (χ1n) is 5.64. The van der Waals surface area contributed by atoms with Crippen molar-refractivity contribution in [1.29, 1.82) is 5.26 Å². The largest absolute Gasteiger partial charge is 0.370 e. The topological polar surface area (TPSA) is 79.4 Å². The molecule has 0 atom stereocenters. The second-order valence-corrected chi connectivity index (χ2v) is 4.01. The lowest BCUT2D eigenvalue weighted by molar-refractivity contribution is 0.741. The van der Waals surface area contributed by atoms with Gasteiger partial charge >= 0.3 is 0 Å². The fourth-order valence-corrected chi connectivity index (χ4v) is 1.62. The zero-order chi connectivity index (χ0) is 13.0. The van der Waals surface area contributed by atoms with E-state index in [2.05, 4.69) is 26.5 Å². The summed E-state index contributed by atoms with van der Waals surface area (Å²) in [6.45, 7) is 2.55. The minimum absolute atomic E-state index is 0.612. The first kappa shape index (κ1) is 12.0. The number of hydrogen-bond donors (Lipinski definition) is 1. The van der Waals surface area contributed by atoms with Gasteiger partial charge in [0, 0.05) is 25.7 Å². The van der Waals surface area contributed by atoms with Gasteiger partial charge in [0.05, 0.1) is 11.6 Å². The Bertz CT molecular complexity index is 580. The molecule has 0 radical (unpaired) electrons. The molecule has 0 aliphatic heterocycles. The normalized spacial score (nSPS) is 10.1. The van der Waals surface area contributed by atoms with Crippen LogP contribution in [0.15, 0.2) is 18.5 Å². The maximum absolute atomic E-state index is 8.86. The summed E-state index contributed by atoms with van der Waals surface area (Å²) in [6.07, 6.45) is 2.40. The molecule has 0 spiro atoms. The Balaban J connectivity index is 1.94. The number of hydrogen-bond acceptors (Lipinski definition) is 5. The van der Waals surface area contributed by atoms with E-state index in [-0.39, 0.29) is 0 Å². The van der Waals surface area contributed by atoms with Crippen molar-refractivity contribution < 1.29 is 0 Å². The van der Waals surface area contributed by atoms with E-state index >= 15 is 0 Å². The van der Waals surface area contributed by atoms with Crippen LogP contribution < -0.4 is 5.32 Å². The molecule has 6 heteroatoms. The lowest BCUT2D eigenvalue weighted by Gasteiger charge is -2.05. The Morgan fingerprint density at radius 1 is 1.44 bits per heavy atom. The highest BCUT2D eigenvalue weighted by Crippen LogP contribution is 2.09. The van der Waals surface area contributed by atoms with E-state index in [0.717, 1.165) is 17.9 Å². The minimum atomic E-state index is 0.612. The molecule has 0 aromatic carbocycles. The summed E-state index contributed by atoms with van der Waals surface area (Å²) in [5, 5.41) is 16.2. The van der Waals surface area contributed by atoms with Crippen molar-refractivity contribution in [2.45, 2.75) is 13.3 Å². The minimum Gasteiger partial charge on any atom is -0.370 e. The van der Waals surface area contributed by atoms with Crippen molar-refractivity contribution in [3.63, 3.8) is 0 Å². The third kappa shape index (κ3) is 3.04. The van der Waals surface area contributed by atoms with Crippen molar-refractivity contribution in [3.05, 3.63) is 35.5 Å². The first-order valence-corrected chi connectivity index (χ1v) is 5.64. The Hall–Kier alpha value is -2.42. The molecule has 2 rings (SSSR count). The van der Waals surface area contributed by atoms with Gasteiger partial charge in [-0.2, -0.15) is 10.4 Å². The van der Waals surface area contributed by atoms with Gasteiger partial charge in [-0.25, -0.2) is 9.97 Å². The third-order valence-electron chi connectivity index (χ3n) is 2.38. The highest BCUT2D eigenvalue weighted by molar-refractivity contribution is 5.44. The first-order chi connectivity index (χ1) is 8.67. The predicted octanol–water partition coefficient (Wildman–Crippen LogP) is 1.04. The number of aromatic nitrogens is 4. The van der Waals surface area contributed by atoms with Crippen LogP contribution in [-0.2, 0) is 13.5 Å². The lowest BCUT2D eigenvalue weighted by Crippen LogP contribution is -2.08. The van der Waals surface area contributed by atoms with E-state index in [9.17, 15) is 0 Å². The molecule has 2 aromatic rings. The zero-order valence-corrected chi connectivity index (χ0v) is 10.4. The van der Waals surface area contributed by atoms with Gasteiger partial charge in [0.25, 0.3) is 0 Å². The van der Waals surface area contributed by atoms with E-state index in [4.69, 9.17) is 5.26 Å². The van der Waals surface area contributed by atoms with Crippen LogP contribution in [0, 0.1) is 18.3 Å². The standard InChI is InChI=1S/C12H14N6/c1-9-5-10(7-13)6-12(16-9)14-4-3-11-15-8-18(2)17-11/h5-6,8H,3-4H2,1-2H3,(H,14,16). The van der Waals surface area contributed by atoms with Crippen LogP contribution in [0.25, 0.3) is 0 Å². The highest BCUT2D eigenvalue weighted by atomic mass is 15.3. The molecule has 18 heavy (non-hydrogen) atoms. The molecule has 0 saturated carbocycles. The average Bonchev–Trinajstić information content (AvgIpc) is 2.74. The van der Waals surface area contributed by atoms with Gasteiger partial charge in [-0.3, -0.25) is 4.68 Å². The fourth-order valence-electron chi connectivity index (χ4n) is 1.62. The quantitative estimate of drug-likeness (QED) is 0.866. The maximum Gasteiger partial charge on any atom is 0.152 e. The van der Waals surface area contributed by atoms with Crippen LogP contribution in [-0.4, -0.2) is 26.3 Å². The summed E-state index contributed by atoms with van der Waals surface area (Å²) in [4.78, 5) is 8.45. The Labute approximate surface area is 105 Å². The molecule has 0 unspecified atom stereocenters. The predicted molar refractivity (Wildman–Crippen MR) is 66.9 cm³/mol. The molecule has 2 aromatic heterocycles. The van der Waals surface area contributed by atoms with Crippen molar-refractivity contribution >= 4 is 5.82 Å². The Kier molecular flexibility index (Phi) is 3.53. The van der Waals surface area contributed by atoms with E-state index in [1.165, 1.54) is 0 Å². The van der Waals surface area contributed by atoms with Crippen LogP contribution in [0.3, 0.4) is 0 Å². The van der Waals surface area contributed by atoms with Gasteiger partial charge in [0.15, 0.2) is 5.82 Å². The van der Waals surface area contributed by atoms with Crippen LogP contribution in [0.4, 0.5) is 5.82 Å². The van der Waals surface area contributed by atoms with E-state index in [0.29, 0.717) is 17.9 Å². The van der Waals surface area contributed by atoms with Gasteiger partial charge in [-0.1, -0.05) is 0 Å². The number of anilines is 1. The number of nitrogens with one attached hydrogen (secondary N) is 1. The summed E-state index contributed by atoms with van der Waals surface area (Å²) in [5.74, 6) is 1.50. The van der Waals surface area contributed by atoms with Crippen molar-refractivity contribution in [1.82, 2.24) is 19.7 Å². The van der Waals surface area contributed by atoms with E-state index in [1.807, 2.05) is 14.0 Å². The third-order valence-corrected chi connectivity index (χ3v) is 2.38. The molecule has 0 amide bonds. The summed E-state index contributed by atoms with van der Waals surface area (Å²) in [7, 11) is 1.84. The summed E-state index contributed by atoms with van der Waals surface area (Å²) < 4.78 is 1.67. The van der Waals surface area contributed by atoms with Crippen LogP contribution in [0.1, 0.15) is 17.1 Å². The number of aryl methyl sites for hydroxylation is 2. The molecule has 1 N–H and O–H groups in total. The molecule has 0 fully saturated rings. The fraction of sp³-hybridized carbons (Fsp3) is 0.333. The Morgan fingerprint density at radius 3 is 2.94 bits per heavy atom. The average molecular weight is 242 g/mol. The van der Waals surface area contributed by atoms with Crippen molar-refractivity contribution in [3.8, 4) is 6.07 Å². The number of nitriles is 1. The van der Waals surface area contributed by atoms with E-state index < -0.39 is 0 Å². The van der Waals surface area contributed by atoms with Crippen LogP contribution in [0.5, 0.6) is 0 Å². The monoisotopic (exact) mass is 242 g/mol. The smallest absolute Gasteiger partial charge is 0.152 e. The van der Waals surface area contributed by atoms with Crippen molar-refractivity contribution in [2.75, 3.05) is 11.9 Å². The molecule has 92 valence electrons. The molecular formula is C12H14N6. The Morgan fingerprint density at radius 2 is 2.28 bits per heavy atom. The number of pyridine rings is 1. The van der Waals surface area contributed by atoms with Gasteiger partial charge < -0.3 is 5.32 Å². The van der Waals surface area contributed by atoms with Gasteiger partial charge in [0.2, 0.25) is 0 Å². The number of nitrogens with zero attached hydrogens (tertiary/aromatic N) is 5. The van der Waals surface area contributed by atoms with Gasteiger partial charge in [-0.15, -0.1) is 0 Å². The van der Waals surface area contributed by atoms with Gasteiger partial charge in [-0.05, 0) is 19.1 Å². The molecule has 0 aliphatic carbocycles. The number of rotatable bonds is 4. The summed E-state index contributed by atoms with van der Waals surface area (Å²) in [6, 6.07) is 5.60. The van der Waals surface area contributed by atoms with Crippen LogP contribution in [0.2, 0.25) is 0 Å². The van der Waals surface area contributed by atoms with Crippen molar-refractivity contribution in [2.24, 2.45) is 7.05 Å². The second kappa shape index (κ2) is 5.27. The van der Waals surface area contributed by atoms with E-state index in [1.54, 1.807) is 23.1 Å². The molecule has 2 heterocycles. The zero-order valence-electron chi connectivity index (χ0n) is 10.4. The van der Waals surface area contributed by atoms with Gasteiger partial charge in [0.1, 0.15) is 12.1 Å². The molecule has 0 bridgehead atoms. The maximum atomic E-state index is 8.86. The highest BCUT2D eigenvalue weighted by Gasteiger charge is 2.01. The summed E-state index contributed by atoms with van der Waals surface area (Å²) >= 11 is 0. The molecular weight excluding hydrogens is 228 g/mol. The lowest BCUT2D eigenvalue weighted by atomic mass is 10.2. The molecule has 6 nitrogen and oxygen atoms in total. The second-order valence-electron chi connectivity index (χ2n) is 4.01. The SMILES string of the molecule is Cc1cc(C#N)cc(NCCc2ncn(C)n2)n1.